The van der Waals surface area contributed by atoms with Gasteiger partial charge in [-0.2, -0.15) is 0 Å². The quantitative estimate of drug-likeness (QED) is 0.176. The van der Waals surface area contributed by atoms with Gasteiger partial charge in [-0.3, -0.25) is 43.3 Å². The number of hydrogen-bond acceptors (Lipinski definition) is 10. The molecule has 305 valence electrons. The summed E-state index contributed by atoms with van der Waals surface area (Å²) in [7, 11) is 1.73. The summed E-state index contributed by atoms with van der Waals surface area (Å²) in [6.07, 6.45) is -2.94. The van der Waals surface area contributed by atoms with Gasteiger partial charge in [0.25, 0.3) is 0 Å². The second kappa shape index (κ2) is 19.8. The number of amides is 8. The van der Waals surface area contributed by atoms with E-state index in [1.54, 1.807) is 18.2 Å². The predicted octanol–water partition coefficient (Wildman–Crippen LogP) is -2.51. The van der Waals surface area contributed by atoms with Gasteiger partial charge in [-0.15, -0.1) is 0 Å². The number of carbonyl (C=O) groups excluding carboxylic acids is 9. The Morgan fingerprint density at radius 3 is 1.36 bits per heavy atom. The van der Waals surface area contributed by atoms with Crippen LogP contribution in [0.25, 0.3) is 0 Å². The van der Waals surface area contributed by atoms with Crippen molar-refractivity contribution < 1.29 is 84.1 Å². The van der Waals surface area contributed by atoms with Gasteiger partial charge in [0, 0.05) is 73.7 Å². The number of carbonyl (C=O) groups is 8. The average molecular weight is 870 g/mol. The van der Waals surface area contributed by atoms with Crippen molar-refractivity contribution in [3.8, 4) is 0 Å². The zero-order valence-electron chi connectivity index (χ0n) is 37.5. The van der Waals surface area contributed by atoms with E-state index in [-0.39, 0.29) is 103 Å². The molecule has 6 saturated heterocycles. The van der Waals surface area contributed by atoms with E-state index >= 15 is 0 Å². The molecule has 8 amide bonds. The average Bonchev–Trinajstić information content (AvgIpc) is 4.08. The van der Waals surface area contributed by atoms with Gasteiger partial charge in [-0.1, -0.05) is 6.54 Å². The molecule has 12 atom stereocenters. The van der Waals surface area contributed by atoms with Crippen molar-refractivity contribution >= 4 is 53.5 Å². The van der Waals surface area contributed by atoms with Crippen molar-refractivity contribution in [3.63, 3.8) is 0 Å². The zero-order valence-corrected chi connectivity index (χ0v) is 34.3. The van der Waals surface area contributed by atoms with Gasteiger partial charge in [0.2, 0.25) is 47.3 Å². The fraction of sp³-hybridized carbons (Fsp3) is 0.757. The van der Waals surface area contributed by atoms with Crippen molar-refractivity contribution in [2.45, 2.75) is 113 Å². The summed E-state index contributed by atoms with van der Waals surface area (Å²) >= 11 is 0. The first kappa shape index (κ1) is 35.6. The van der Waals surface area contributed by atoms with Gasteiger partial charge in [0.15, 0.2) is 0 Å². The predicted molar refractivity (Wildman–Crippen MR) is 194 cm³/mol. The Morgan fingerprint density at radius 1 is 0.518 bits per heavy atom. The van der Waals surface area contributed by atoms with E-state index in [0.717, 1.165) is 4.90 Å². The number of nitrogens with zero attached hydrogens (tertiary/aromatic N) is 6. The first-order valence-electron chi connectivity index (χ1n) is 22.3. The minimum Gasteiger partial charge on any atom is -0.540 e. The van der Waals surface area contributed by atoms with Crippen molar-refractivity contribution in [2.24, 2.45) is 0 Å². The molecule has 56 heavy (non-hydrogen) atoms. The number of nitrogens with one attached hydrogen (secondary N) is 3. The van der Waals surface area contributed by atoms with E-state index in [1.807, 2.05) is 0 Å². The fourth-order valence-electron chi connectivity index (χ4n) is 8.24. The summed E-state index contributed by atoms with van der Waals surface area (Å²) < 4.78 is 49.7. The third-order valence-corrected chi connectivity index (χ3v) is 11.2. The molecule has 6 rings (SSSR count). The Morgan fingerprint density at radius 2 is 0.893 bits per heavy atom. The zero-order chi connectivity index (χ0) is 44.4. The fourth-order valence-corrected chi connectivity index (χ4v) is 8.24. The summed E-state index contributed by atoms with van der Waals surface area (Å²) in [6, 6.07) is -6.25. The molecule has 6 aliphatic rings. The number of likely N-dealkylation sites (tertiary alicyclic amines) is 6. The molecule has 0 aliphatic carbocycles. The van der Waals surface area contributed by atoms with Crippen molar-refractivity contribution in [3.05, 3.63) is 0 Å². The maximum absolute atomic E-state index is 14.2. The van der Waals surface area contributed by atoms with E-state index in [4.69, 9.17) is 8.22 Å². The first-order valence-corrected chi connectivity index (χ1v) is 18.8. The number of rotatable bonds is 12. The molecule has 0 spiro atoms. The second-order valence-corrected chi connectivity index (χ2v) is 14.5. The SMILES string of the molecule is [3H]C1CC(C(=O)N2CC([3H])CC2C(=O)NCC(=O)NCC(=O)N2CC([3H])CC2C(=O)N2CC([3H])CC2C(=O)N2CC([3H])CC2C(=O)N2CC([3H])CC2C(=O)NC[C-]=O)N(C)C1.[Y]. The van der Waals surface area contributed by atoms with E-state index in [9.17, 15) is 43.2 Å². The Balaban J connectivity index is 0.00000726. The molecule has 6 fully saturated rings. The molecule has 19 heteroatoms. The molecule has 1 radical (unpaired) electrons. The minimum atomic E-state index is -1.23. The first-order chi connectivity index (χ1) is 28.9. The maximum Gasteiger partial charge on any atom is 0.246 e. The molecule has 0 aromatic rings. The summed E-state index contributed by atoms with van der Waals surface area (Å²) in [6.45, 7) is -1.73. The van der Waals surface area contributed by atoms with Crippen LogP contribution in [0.15, 0.2) is 0 Å². The van der Waals surface area contributed by atoms with Gasteiger partial charge < -0.3 is 45.2 Å². The van der Waals surface area contributed by atoms with Gasteiger partial charge in [-0.05, 0) is 90.5 Å². The smallest absolute Gasteiger partial charge is 0.246 e. The normalized spacial score (nSPS) is 37.1. The third-order valence-electron chi connectivity index (χ3n) is 11.2. The van der Waals surface area contributed by atoms with Crippen LogP contribution in [0.1, 0.15) is 85.1 Å². The van der Waals surface area contributed by atoms with Crippen LogP contribution in [0.5, 0.6) is 0 Å². The van der Waals surface area contributed by atoms with Gasteiger partial charge >= 0.3 is 0 Å². The van der Waals surface area contributed by atoms with E-state index in [2.05, 4.69) is 16.0 Å². The van der Waals surface area contributed by atoms with E-state index < -0.39 is 136 Å². The van der Waals surface area contributed by atoms with Crippen molar-refractivity contribution in [2.75, 3.05) is 66.0 Å². The molecule has 12 unspecified atom stereocenters. The number of hydrogen-bond donors (Lipinski definition) is 3. The molecule has 0 aromatic heterocycles. The monoisotopic (exact) mass is 869 g/mol. The Bertz CT molecular complexity index is 1780. The molecule has 3 N–H and O–H groups in total. The second-order valence-electron chi connectivity index (χ2n) is 14.5. The summed E-state index contributed by atoms with van der Waals surface area (Å²) in [5, 5.41) is 7.23. The third kappa shape index (κ3) is 9.44. The van der Waals surface area contributed by atoms with Crippen LogP contribution in [0.2, 0.25) is 0 Å². The maximum atomic E-state index is 14.2. The van der Waals surface area contributed by atoms with Crippen LogP contribution in [-0.2, 0) is 75.9 Å². The molecule has 6 heterocycles. The van der Waals surface area contributed by atoms with Crippen molar-refractivity contribution in [1.82, 2.24) is 45.3 Å². The molecule has 0 aromatic carbocycles. The summed E-state index contributed by atoms with van der Waals surface area (Å²) in [5.74, 6) is -5.11. The van der Waals surface area contributed by atoms with Crippen LogP contribution in [0.4, 0.5) is 0 Å². The molecular formula is C37H54N9O9Y-. The molecule has 18 nitrogen and oxygen atoms in total. The van der Waals surface area contributed by atoms with E-state index in [0.29, 0.717) is 13.0 Å². The van der Waals surface area contributed by atoms with Crippen LogP contribution >= 0.6 is 0 Å². The summed E-state index contributed by atoms with van der Waals surface area (Å²) in [5.41, 5.74) is 0. The minimum absolute atomic E-state index is 0. The van der Waals surface area contributed by atoms with Crippen LogP contribution < -0.4 is 16.0 Å². The van der Waals surface area contributed by atoms with E-state index in [1.165, 1.54) is 19.6 Å². The van der Waals surface area contributed by atoms with Gasteiger partial charge in [-0.25, -0.2) is 6.29 Å². The van der Waals surface area contributed by atoms with Crippen LogP contribution in [0, 0.1) is 0 Å². The van der Waals surface area contributed by atoms with Gasteiger partial charge in [0.1, 0.15) is 30.2 Å². The molecule has 0 saturated carbocycles. The Hall–Kier alpha value is -3.51. The topological polar surface area (TPSA) is 209 Å². The van der Waals surface area contributed by atoms with Gasteiger partial charge in [0.05, 0.1) is 19.1 Å². The largest absolute Gasteiger partial charge is 0.540 e. The van der Waals surface area contributed by atoms with Crippen molar-refractivity contribution in [1.29, 1.82) is 0 Å². The summed E-state index contributed by atoms with van der Waals surface area (Å²) in [4.78, 5) is 126. The standard InChI is InChI=1S/C37H54N9O9.Y/c1-41-15-2-10-26(41)34(52)43-17-4-9-25(43)33(51)40-22-30(48)39-23-31(49)42-16-5-11-27(42)35(53)45-19-7-13-29(45)37(55)46-20-6-12-28(46)36(54)44-18-3-8-24(44)32(50)38-14-21-47;/h24-29H,2-20,22-23H2,1H3,(H,38,50)(H,39,48)(H,40,51);/q-1;/i2T,3T,4T,5T,6T,7T;. The molecule has 0 bridgehead atoms. The Labute approximate surface area is 360 Å². The van der Waals surface area contributed by atoms with Crippen LogP contribution in [0.3, 0.4) is 0 Å². The molecule has 6 aliphatic heterocycles. The van der Waals surface area contributed by atoms with Crippen LogP contribution in [-0.4, -0.2) is 185 Å². The number of likely N-dealkylation sites (N-methyl/N-ethyl adjacent to an activating group) is 1. The molecular weight excluding hydrogens is 803 g/mol. The Kier molecular flexibility index (Phi) is 12.6.